The van der Waals surface area contributed by atoms with E-state index in [1.54, 1.807) is 36.4 Å². The maximum Gasteiger partial charge on any atom is 0.264 e. The molecule has 0 radical (unpaired) electrons. The summed E-state index contributed by atoms with van der Waals surface area (Å²) in [6, 6.07) is 21.9. The molecule has 0 spiro atoms. The highest BCUT2D eigenvalue weighted by molar-refractivity contribution is 7.92. The van der Waals surface area contributed by atoms with Crippen molar-refractivity contribution in [2.24, 2.45) is 0 Å². The van der Waals surface area contributed by atoms with Gasteiger partial charge in [0.25, 0.3) is 10.0 Å². The van der Waals surface area contributed by atoms with Crippen LogP contribution in [-0.4, -0.2) is 34.0 Å². The lowest BCUT2D eigenvalue weighted by Crippen LogP contribution is -2.41. The number of para-hydroxylation sites is 1. The number of hydrogen-bond donors (Lipinski definition) is 1. The molecule has 190 valence electrons. The molecule has 6 nitrogen and oxygen atoms in total. The summed E-state index contributed by atoms with van der Waals surface area (Å²) >= 11 is 0. The van der Waals surface area contributed by atoms with E-state index in [9.17, 15) is 13.2 Å². The SMILES string of the molecule is Cc1ccc(S(=O)(=O)N(CC(=O)NC(C)c2ccc(N3CCCCC3)cc2)c2ccccc2C)cc1. The Balaban J connectivity index is 1.51. The molecule has 1 heterocycles. The fraction of sp³-hybridized carbons (Fsp3) is 0.345. The Morgan fingerprint density at radius 3 is 2.19 bits per heavy atom. The molecule has 4 rings (SSSR count). The normalized spacial score (nSPS) is 14.8. The summed E-state index contributed by atoms with van der Waals surface area (Å²) in [4.78, 5) is 15.7. The molecule has 1 saturated heterocycles. The predicted molar refractivity (Wildman–Crippen MR) is 146 cm³/mol. The number of benzene rings is 3. The molecule has 0 aliphatic carbocycles. The van der Waals surface area contributed by atoms with Gasteiger partial charge in [-0.2, -0.15) is 0 Å². The van der Waals surface area contributed by atoms with Crippen LogP contribution < -0.4 is 14.5 Å². The highest BCUT2D eigenvalue weighted by Gasteiger charge is 2.28. The number of carbonyl (C=O) groups excluding carboxylic acids is 1. The molecule has 1 N–H and O–H groups in total. The molecule has 1 amide bonds. The smallest absolute Gasteiger partial charge is 0.264 e. The van der Waals surface area contributed by atoms with E-state index >= 15 is 0 Å². The first-order valence-corrected chi connectivity index (χ1v) is 14.0. The fourth-order valence-corrected chi connectivity index (χ4v) is 6.09. The van der Waals surface area contributed by atoms with E-state index in [1.807, 2.05) is 45.0 Å². The second-order valence-electron chi connectivity index (χ2n) is 9.54. The van der Waals surface area contributed by atoms with E-state index in [0.29, 0.717) is 5.69 Å². The maximum absolute atomic E-state index is 13.6. The van der Waals surface area contributed by atoms with Gasteiger partial charge in [0.15, 0.2) is 0 Å². The second kappa shape index (κ2) is 11.2. The van der Waals surface area contributed by atoms with Gasteiger partial charge in [0, 0.05) is 18.8 Å². The van der Waals surface area contributed by atoms with Crippen LogP contribution in [0.3, 0.4) is 0 Å². The van der Waals surface area contributed by atoms with Gasteiger partial charge in [-0.3, -0.25) is 9.10 Å². The Bertz CT molecular complexity index is 1280. The largest absolute Gasteiger partial charge is 0.372 e. The van der Waals surface area contributed by atoms with Crippen LogP contribution in [-0.2, 0) is 14.8 Å². The molecule has 1 atom stereocenters. The van der Waals surface area contributed by atoms with E-state index in [1.165, 1.54) is 29.3 Å². The first-order chi connectivity index (χ1) is 17.3. The number of sulfonamides is 1. The Hall–Kier alpha value is -3.32. The first-order valence-electron chi connectivity index (χ1n) is 12.5. The van der Waals surface area contributed by atoms with Crippen molar-refractivity contribution in [3.05, 3.63) is 89.5 Å². The number of aryl methyl sites for hydroxylation is 2. The summed E-state index contributed by atoms with van der Waals surface area (Å²) in [5.74, 6) is -0.360. The molecule has 1 fully saturated rings. The summed E-state index contributed by atoms with van der Waals surface area (Å²) in [5.41, 5.74) is 4.42. The molecular weight excluding hydrogens is 470 g/mol. The molecule has 0 aromatic heterocycles. The van der Waals surface area contributed by atoms with Gasteiger partial charge in [-0.1, -0.05) is 48.0 Å². The van der Waals surface area contributed by atoms with Crippen molar-refractivity contribution in [3.8, 4) is 0 Å². The number of carbonyl (C=O) groups is 1. The number of hydrogen-bond acceptors (Lipinski definition) is 4. The molecule has 1 aliphatic heterocycles. The Labute approximate surface area is 215 Å². The third-order valence-electron chi connectivity index (χ3n) is 6.77. The van der Waals surface area contributed by atoms with Crippen molar-refractivity contribution in [1.82, 2.24) is 5.32 Å². The maximum atomic E-state index is 13.6. The predicted octanol–water partition coefficient (Wildman–Crippen LogP) is 5.37. The second-order valence-corrected chi connectivity index (χ2v) is 11.4. The lowest BCUT2D eigenvalue weighted by molar-refractivity contribution is -0.120. The average Bonchev–Trinajstić information content (AvgIpc) is 2.88. The third kappa shape index (κ3) is 5.90. The van der Waals surface area contributed by atoms with Crippen LogP contribution in [0, 0.1) is 13.8 Å². The molecular formula is C29H35N3O3S. The van der Waals surface area contributed by atoms with Crippen molar-refractivity contribution in [3.63, 3.8) is 0 Å². The number of nitrogens with zero attached hydrogens (tertiary/aromatic N) is 2. The molecule has 1 aliphatic rings. The Morgan fingerprint density at radius 1 is 0.917 bits per heavy atom. The third-order valence-corrected chi connectivity index (χ3v) is 8.55. The van der Waals surface area contributed by atoms with Crippen LogP contribution in [0.4, 0.5) is 11.4 Å². The summed E-state index contributed by atoms with van der Waals surface area (Å²) < 4.78 is 28.4. The molecule has 3 aromatic carbocycles. The van der Waals surface area contributed by atoms with Crippen molar-refractivity contribution >= 4 is 27.3 Å². The van der Waals surface area contributed by atoms with E-state index < -0.39 is 10.0 Å². The minimum absolute atomic E-state index is 0.158. The Morgan fingerprint density at radius 2 is 1.56 bits per heavy atom. The van der Waals surface area contributed by atoms with Crippen molar-refractivity contribution < 1.29 is 13.2 Å². The molecule has 0 bridgehead atoms. The minimum Gasteiger partial charge on any atom is -0.372 e. The highest BCUT2D eigenvalue weighted by atomic mass is 32.2. The zero-order valence-corrected chi connectivity index (χ0v) is 22.1. The van der Waals surface area contributed by atoms with Crippen LogP contribution in [0.1, 0.15) is 48.9 Å². The van der Waals surface area contributed by atoms with Gasteiger partial charge in [-0.25, -0.2) is 8.42 Å². The molecule has 36 heavy (non-hydrogen) atoms. The van der Waals surface area contributed by atoms with Gasteiger partial charge in [-0.05, 0) is 81.5 Å². The van der Waals surface area contributed by atoms with E-state index in [-0.39, 0.29) is 23.4 Å². The standard InChI is InChI=1S/C29H35N3O3S/c1-22-11-17-27(18-12-22)36(34,35)32(28-10-6-5-9-23(28)2)21-29(33)30-24(3)25-13-15-26(16-14-25)31-19-7-4-8-20-31/h5-6,9-18,24H,4,7-8,19-21H2,1-3H3,(H,30,33). The quantitative estimate of drug-likeness (QED) is 0.447. The topological polar surface area (TPSA) is 69.7 Å². The first kappa shape index (κ1) is 25.8. The number of nitrogens with one attached hydrogen (secondary N) is 1. The van der Waals surface area contributed by atoms with E-state index in [0.717, 1.165) is 29.8 Å². The van der Waals surface area contributed by atoms with Crippen LogP contribution in [0.5, 0.6) is 0 Å². The number of amides is 1. The number of anilines is 2. The van der Waals surface area contributed by atoms with Gasteiger partial charge in [0.05, 0.1) is 16.6 Å². The minimum atomic E-state index is -3.94. The molecule has 3 aromatic rings. The van der Waals surface area contributed by atoms with E-state index in [2.05, 4.69) is 22.3 Å². The van der Waals surface area contributed by atoms with Crippen molar-refractivity contribution in [2.45, 2.75) is 51.0 Å². The van der Waals surface area contributed by atoms with Gasteiger partial charge in [0.2, 0.25) is 5.91 Å². The number of piperidine rings is 1. The van der Waals surface area contributed by atoms with Crippen LogP contribution in [0.15, 0.2) is 77.7 Å². The van der Waals surface area contributed by atoms with E-state index in [4.69, 9.17) is 0 Å². The zero-order chi connectivity index (χ0) is 25.7. The summed E-state index contributed by atoms with van der Waals surface area (Å²) in [7, 11) is -3.94. The molecule has 1 unspecified atom stereocenters. The molecule has 7 heteroatoms. The van der Waals surface area contributed by atoms with Gasteiger partial charge >= 0.3 is 0 Å². The average molecular weight is 506 g/mol. The zero-order valence-electron chi connectivity index (χ0n) is 21.3. The van der Waals surface area contributed by atoms with Gasteiger partial charge in [0.1, 0.15) is 6.54 Å². The number of rotatable bonds is 8. The van der Waals surface area contributed by atoms with Crippen LogP contribution in [0.25, 0.3) is 0 Å². The summed E-state index contributed by atoms with van der Waals surface area (Å²) in [6.45, 7) is 7.52. The van der Waals surface area contributed by atoms with Gasteiger partial charge in [-0.15, -0.1) is 0 Å². The van der Waals surface area contributed by atoms with Crippen LogP contribution in [0.2, 0.25) is 0 Å². The molecule has 0 saturated carbocycles. The van der Waals surface area contributed by atoms with Crippen molar-refractivity contribution in [2.75, 3.05) is 28.8 Å². The van der Waals surface area contributed by atoms with Gasteiger partial charge < -0.3 is 10.2 Å². The lowest BCUT2D eigenvalue weighted by Gasteiger charge is -2.29. The van der Waals surface area contributed by atoms with Crippen LogP contribution >= 0.6 is 0 Å². The Kier molecular flexibility index (Phi) is 7.99. The fourth-order valence-electron chi connectivity index (χ4n) is 4.61. The lowest BCUT2D eigenvalue weighted by atomic mass is 10.1. The summed E-state index contributed by atoms with van der Waals surface area (Å²) in [5, 5.41) is 2.99. The van der Waals surface area contributed by atoms with Crippen molar-refractivity contribution in [1.29, 1.82) is 0 Å². The summed E-state index contributed by atoms with van der Waals surface area (Å²) in [6.07, 6.45) is 3.73. The highest BCUT2D eigenvalue weighted by Crippen LogP contribution is 2.27. The monoisotopic (exact) mass is 505 g/mol.